The number of fused-ring (bicyclic) bond motifs is 2. The van der Waals surface area contributed by atoms with E-state index in [0.717, 1.165) is 27.9 Å². The van der Waals surface area contributed by atoms with Gasteiger partial charge in [0.05, 0.1) is 11.0 Å². The number of hydrogen-bond acceptors (Lipinski definition) is 2. The van der Waals surface area contributed by atoms with Crippen molar-refractivity contribution in [2.45, 2.75) is 13.0 Å². The van der Waals surface area contributed by atoms with E-state index >= 15 is 0 Å². The molecule has 1 aromatic heterocycles. The van der Waals surface area contributed by atoms with Crippen molar-refractivity contribution in [3.8, 4) is 0 Å². The molecule has 0 saturated heterocycles. The van der Waals surface area contributed by atoms with E-state index in [1.807, 2.05) is 42.5 Å². The summed E-state index contributed by atoms with van der Waals surface area (Å²) in [5, 5.41) is 5.49. The first-order chi connectivity index (χ1) is 15.7. The van der Waals surface area contributed by atoms with Crippen LogP contribution in [0.1, 0.15) is 21.7 Å². The van der Waals surface area contributed by atoms with Gasteiger partial charge in [-0.25, -0.2) is 4.98 Å². The monoisotopic (exact) mass is 483 g/mol. The third kappa shape index (κ3) is 4.30. The topological polar surface area (TPSA) is 46.9 Å². The zero-order chi connectivity index (χ0) is 21.9. The van der Waals surface area contributed by atoms with Crippen molar-refractivity contribution in [3.63, 3.8) is 0 Å². The van der Waals surface area contributed by atoms with Gasteiger partial charge in [-0.2, -0.15) is 0 Å². The molecule has 1 heterocycles. The molecule has 0 saturated carbocycles. The summed E-state index contributed by atoms with van der Waals surface area (Å²) in [5.41, 5.74) is 3.95. The summed E-state index contributed by atoms with van der Waals surface area (Å²) in [6.45, 7) is 1.26. The summed E-state index contributed by atoms with van der Waals surface area (Å²) in [6, 6.07) is 30.6. The number of para-hydroxylation sites is 2. The first kappa shape index (κ1) is 20.5. The van der Waals surface area contributed by atoms with Gasteiger partial charge in [-0.3, -0.25) is 4.79 Å². The fourth-order valence-corrected chi connectivity index (χ4v) is 4.43. The number of rotatable bonds is 6. The number of carbonyl (C=O) groups is 1. The molecule has 0 radical (unpaired) electrons. The van der Waals surface area contributed by atoms with Gasteiger partial charge in [0.15, 0.2) is 0 Å². The van der Waals surface area contributed by atoms with Gasteiger partial charge in [-0.15, -0.1) is 0 Å². The summed E-state index contributed by atoms with van der Waals surface area (Å²) >= 11 is 3.42. The molecule has 1 amide bonds. The predicted molar refractivity (Wildman–Crippen MR) is 133 cm³/mol. The molecule has 0 aliphatic heterocycles. The minimum atomic E-state index is -0.0801. The third-order valence-corrected chi connectivity index (χ3v) is 6.10. The predicted octanol–water partition coefficient (Wildman–Crippen LogP) is 5.97. The van der Waals surface area contributed by atoms with Crippen molar-refractivity contribution in [3.05, 3.63) is 112 Å². The molecule has 0 spiro atoms. The highest BCUT2D eigenvalue weighted by molar-refractivity contribution is 9.10. The molecule has 0 unspecified atom stereocenters. The van der Waals surface area contributed by atoms with Crippen LogP contribution in [0.2, 0.25) is 0 Å². The number of amides is 1. The highest BCUT2D eigenvalue weighted by atomic mass is 79.9. The zero-order valence-corrected chi connectivity index (χ0v) is 19.0. The Morgan fingerprint density at radius 3 is 2.56 bits per heavy atom. The van der Waals surface area contributed by atoms with Crippen LogP contribution in [0.25, 0.3) is 21.8 Å². The van der Waals surface area contributed by atoms with Crippen LogP contribution in [-0.4, -0.2) is 22.0 Å². The molecule has 158 valence electrons. The van der Waals surface area contributed by atoms with Crippen molar-refractivity contribution >= 4 is 43.6 Å². The molecular formula is C27H22BrN3O. The van der Waals surface area contributed by atoms with Crippen molar-refractivity contribution in [2.24, 2.45) is 0 Å². The second-order valence-corrected chi connectivity index (χ2v) is 8.72. The smallest absolute Gasteiger partial charge is 0.251 e. The molecule has 0 aliphatic carbocycles. The summed E-state index contributed by atoms with van der Waals surface area (Å²) in [5.74, 6) is 0.886. The highest BCUT2D eigenvalue weighted by Gasteiger charge is 2.12. The standard InChI is InChI=1S/C27H22BrN3O/c28-23-9-5-8-22(17-23)27(32)29-15-14-26-30-24-10-3-4-11-25(24)31(26)18-19-12-13-20-6-1-2-7-21(20)16-19/h1-13,16-17H,14-15,18H2,(H,29,32). The zero-order valence-electron chi connectivity index (χ0n) is 17.5. The quantitative estimate of drug-likeness (QED) is 0.323. The van der Waals surface area contributed by atoms with E-state index in [-0.39, 0.29) is 5.91 Å². The summed E-state index contributed by atoms with van der Waals surface area (Å²) in [6.07, 6.45) is 0.655. The Balaban J connectivity index is 1.38. The number of halogens is 1. The van der Waals surface area contributed by atoms with Gasteiger partial charge in [0, 0.05) is 29.5 Å². The van der Waals surface area contributed by atoms with Gasteiger partial charge in [-0.05, 0) is 52.7 Å². The molecule has 5 aromatic rings. The van der Waals surface area contributed by atoms with Gasteiger partial charge < -0.3 is 9.88 Å². The van der Waals surface area contributed by atoms with E-state index in [2.05, 4.69) is 74.3 Å². The highest BCUT2D eigenvalue weighted by Crippen LogP contribution is 2.21. The fourth-order valence-electron chi connectivity index (χ4n) is 4.03. The van der Waals surface area contributed by atoms with E-state index in [4.69, 9.17) is 4.98 Å². The van der Waals surface area contributed by atoms with E-state index < -0.39 is 0 Å². The normalized spacial score (nSPS) is 11.2. The Hall–Kier alpha value is -3.44. The number of aromatic nitrogens is 2. The first-order valence-corrected chi connectivity index (χ1v) is 11.4. The van der Waals surface area contributed by atoms with Crippen LogP contribution in [0.4, 0.5) is 0 Å². The minimum Gasteiger partial charge on any atom is -0.352 e. The molecule has 0 bridgehead atoms. The Morgan fingerprint density at radius 1 is 0.875 bits per heavy atom. The average molecular weight is 484 g/mol. The maximum Gasteiger partial charge on any atom is 0.251 e. The largest absolute Gasteiger partial charge is 0.352 e. The maximum absolute atomic E-state index is 12.5. The Bertz CT molecular complexity index is 1420. The number of nitrogens with zero attached hydrogens (tertiary/aromatic N) is 2. The molecular weight excluding hydrogens is 462 g/mol. The van der Waals surface area contributed by atoms with E-state index in [9.17, 15) is 4.79 Å². The number of imidazole rings is 1. The Labute approximate surface area is 195 Å². The molecule has 4 aromatic carbocycles. The lowest BCUT2D eigenvalue weighted by Crippen LogP contribution is -2.26. The Kier molecular flexibility index (Phi) is 5.73. The number of hydrogen-bond donors (Lipinski definition) is 1. The van der Waals surface area contributed by atoms with E-state index in [1.54, 1.807) is 0 Å². The van der Waals surface area contributed by atoms with Crippen LogP contribution in [0.5, 0.6) is 0 Å². The molecule has 0 aliphatic rings. The third-order valence-electron chi connectivity index (χ3n) is 5.61. The van der Waals surface area contributed by atoms with E-state index in [1.165, 1.54) is 16.3 Å². The summed E-state index contributed by atoms with van der Waals surface area (Å²) < 4.78 is 3.15. The summed E-state index contributed by atoms with van der Waals surface area (Å²) in [4.78, 5) is 17.4. The van der Waals surface area contributed by atoms with Crippen molar-refractivity contribution in [1.82, 2.24) is 14.9 Å². The molecule has 32 heavy (non-hydrogen) atoms. The minimum absolute atomic E-state index is 0.0801. The van der Waals surface area contributed by atoms with Crippen molar-refractivity contribution < 1.29 is 4.79 Å². The van der Waals surface area contributed by atoms with Gasteiger partial charge in [0.1, 0.15) is 5.82 Å². The second kappa shape index (κ2) is 8.97. The number of benzene rings is 4. The van der Waals surface area contributed by atoms with Gasteiger partial charge >= 0.3 is 0 Å². The lowest BCUT2D eigenvalue weighted by atomic mass is 10.1. The molecule has 5 rings (SSSR count). The molecule has 5 heteroatoms. The SMILES string of the molecule is O=C(NCCc1nc2ccccc2n1Cc1ccc2ccccc2c1)c1cccc(Br)c1. The van der Waals surface area contributed by atoms with Crippen LogP contribution in [-0.2, 0) is 13.0 Å². The van der Waals surface area contributed by atoms with Crippen LogP contribution in [0, 0.1) is 0 Å². The second-order valence-electron chi connectivity index (χ2n) is 7.80. The van der Waals surface area contributed by atoms with Gasteiger partial charge in [0.25, 0.3) is 5.91 Å². The van der Waals surface area contributed by atoms with Gasteiger partial charge in [0.2, 0.25) is 0 Å². The van der Waals surface area contributed by atoms with Crippen LogP contribution in [0.3, 0.4) is 0 Å². The lowest BCUT2D eigenvalue weighted by molar-refractivity contribution is 0.0954. The number of carbonyl (C=O) groups excluding carboxylic acids is 1. The van der Waals surface area contributed by atoms with Crippen LogP contribution in [0.15, 0.2) is 95.5 Å². The lowest BCUT2D eigenvalue weighted by Gasteiger charge is -2.11. The molecule has 1 N–H and O–H groups in total. The first-order valence-electron chi connectivity index (χ1n) is 10.6. The summed E-state index contributed by atoms with van der Waals surface area (Å²) in [7, 11) is 0. The maximum atomic E-state index is 12.5. The van der Waals surface area contributed by atoms with Crippen LogP contribution < -0.4 is 5.32 Å². The fraction of sp³-hybridized carbons (Fsp3) is 0.111. The molecule has 0 atom stereocenters. The molecule has 0 fully saturated rings. The number of nitrogens with one attached hydrogen (secondary N) is 1. The molecule has 4 nitrogen and oxygen atoms in total. The van der Waals surface area contributed by atoms with Crippen molar-refractivity contribution in [2.75, 3.05) is 6.54 Å². The van der Waals surface area contributed by atoms with Gasteiger partial charge in [-0.1, -0.05) is 70.5 Å². The van der Waals surface area contributed by atoms with E-state index in [0.29, 0.717) is 18.5 Å². The van der Waals surface area contributed by atoms with Crippen LogP contribution >= 0.6 is 15.9 Å². The Morgan fingerprint density at radius 2 is 1.69 bits per heavy atom. The van der Waals surface area contributed by atoms with Crippen molar-refractivity contribution in [1.29, 1.82) is 0 Å². The average Bonchev–Trinajstić information content (AvgIpc) is 3.16.